The summed E-state index contributed by atoms with van der Waals surface area (Å²) in [6, 6.07) is 0.383. The van der Waals surface area contributed by atoms with Gasteiger partial charge in [-0.2, -0.15) is 0 Å². The molecule has 3 atom stereocenters. The summed E-state index contributed by atoms with van der Waals surface area (Å²) in [4.78, 5) is 14.1. The zero-order valence-corrected chi connectivity index (χ0v) is 12.1. The molecule has 3 unspecified atom stereocenters. The zero-order chi connectivity index (χ0) is 13.7. The molecule has 110 valence electrons. The number of carbonyl (C=O) groups excluding carboxylic acids is 1. The largest absolute Gasteiger partial charge is 0.378 e. The fraction of sp³-hybridized carbons (Fsp3) is 0.929. The van der Waals surface area contributed by atoms with Crippen molar-refractivity contribution >= 4 is 5.91 Å². The topological polar surface area (TPSA) is 50.8 Å². The summed E-state index contributed by atoms with van der Waals surface area (Å²) in [6.45, 7) is 4.53. The van der Waals surface area contributed by atoms with Crippen molar-refractivity contribution < 1.29 is 14.3 Å². The van der Waals surface area contributed by atoms with Crippen LogP contribution in [0.5, 0.6) is 0 Å². The molecule has 0 bridgehead atoms. The zero-order valence-electron chi connectivity index (χ0n) is 12.1. The first-order chi connectivity index (χ1) is 9.22. The van der Waals surface area contributed by atoms with E-state index in [0.29, 0.717) is 32.3 Å². The molecule has 1 N–H and O–H groups in total. The monoisotopic (exact) mass is 270 g/mol. The molecule has 1 aliphatic carbocycles. The average Bonchev–Trinajstić information content (AvgIpc) is 2.48. The molecule has 1 saturated heterocycles. The molecule has 0 radical (unpaired) electrons. The SMILES string of the molecule is CNC1CCCCC1OC(C)C(=O)N1CCOCC1. The van der Waals surface area contributed by atoms with Crippen molar-refractivity contribution in [2.75, 3.05) is 33.4 Å². The van der Waals surface area contributed by atoms with Gasteiger partial charge in [0.05, 0.1) is 19.3 Å². The van der Waals surface area contributed by atoms with Gasteiger partial charge in [0.2, 0.25) is 0 Å². The van der Waals surface area contributed by atoms with E-state index in [1.165, 1.54) is 12.8 Å². The van der Waals surface area contributed by atoms with Crippen LogP contribution in [0.2, 0.25) is 0 Å². The van der Waals surface area contributed by atoms with Crippen LogP contribution in [-0.2, 0) is 14.3 Å². The Labute approximate surface area is 115 Å². The van der Waals surface area contributed by atoms with Crippen LogP contribution >= 0.6 is 0 Å². The highest BCUT2D eigenvalue weighted by molar-refractivity contribution is 5.80. The smallest absolute Gasteiger partial charge is 0.251 e. The Morgan fingerprint density at radius 2 is 2.00 bits per heavy atom. The minimum absolute atomic E-state index is 0.101. The molecule has 5 heteroatoms. The van der Waals surface area contributed by atoms with Crippen LogP contribution in [0.3, 0.4) is 0 Å². The number of morpholine rings is 1. The first-order valence-corrected chi connectivity index (χ1v) is 7.41. The van der Waals surface area contributed by atoms with E-state index in [1.807, 2.05) is 18.9 Å². The van der Waals surface area contributed by atoms with E-state index in [4.69, 9.17) is 9.47 Å². The fourth-order valence-corrected chi connectivity index (χ4v) is 2.95. The molecule has 1 amide bonds. The Bertz CT molecular complexity index is 292. The predicted molar refractivity (Wildman–Crippen MR) is 73.0 cm³/mol. The van der Waals surface area contributed by atoms with Gasteiger partial charge in [-0.25, -0.2) is 0 Å². The third kappa shape index (κ3) is 3.91. The van der Waals surface area contributed by atoms with E-state index in [0.717, 1.165) is 12.8 Å². The average molecular weight is 270 g/mol. The summed E-state index contributed by atoms with van der Waals surface area (Å²) in [6.07, 6.45) is 4.44. The Kier molecular flexibility index (Phi) is 5.60. The molecule has 2 fully saturated rings. The Balaban J connectivity index is 1.84. The van der Waals surface area contributed by atoms with Crippen LogP contribution in [0, 0.1) is 0 Å². The molecule has 0 spiro atoms. The highest BCUT2D eigenvalue weighted by atomic mass is 16.5. The molecule has 1 saturated carbocycles. The van der Waals surface area contributed by atoms with Crippen LogP contribution in [-0.4, -0.2) is 62.4 Å². The number of hydrogen-bond donors (Lipinski definition) is 1. The fourth-order valence-electron chi connectivity index (χ4n) is 2.95. The molecule has 5 nitrogen and oxygen atoms in total. The minimum atomic E-state index is -0.350. The van der Waals surface area contributed by atoms with Gasteiger partial charge in [0.1, 0.15) is 6.10 Å². The third-order valence-corrected chi connectivity index (χ3v) is 4.12. The number of rotatable bonds is 4. The van der Waals surface area contributed by atoms with Crippen molar-refractivity contribution in [1.29, 1.82) is 0 Å². The molecule has 0 aromatic carbocycles. The van der Waals surface area contributed by atoms with Gasteiger partial charge in [-0.05, 0) is 26.8 Å². The molecule has 1 aliphatic heterocycles. The van der Waals surface area contributed by atoms with E-state index < -0.39 is 0 Å². The Morgan fingerprint density at radius 1 is 1.32 bits per heavy atom. The van der Waals surface area contributed by atoms with E-state index >= 15 is 0 Å². The molecule has 0 aromatic rings. The summed E-state index contributed by atoms with van der Waals surface area (Å²) in [5.41, 5.74) is 0. The van der Waals surface area contributed by atoms with Gasteiger partial charge in [0.15, 0.2) is 0 Å². The number of nitrogens with one attached hydrogen (secondary N) is 1. The first-order valence-electron chi connectivity index (χ1n) is 7.41. The van der Waals surface area contributed by atoms with Crippen LogP contribution in [0.1, 0.15) is 32.6 Å². The summed E-state index contributed by atoms with van der Waals surface area (Å²) in [5.74, 6) is 0.101. The lowest BCUT2D eigenvalue weighted by Gasteiger charge is -2.35. The maximum Gasteiger partial charge on any atom is 0.251 e. The van der Waals surface area contributed by atoms with E-state index in [1.54, 1.807) is 0 Å². The number of likely N-dealkylation sites (N-methyl/N-ethyl adjacent to an activating group) is 1. The number of hydrogen-bond acceptors (Lipinski definition) is 4. The van der Waals surface area contributed by atoms with Crippen LogP contribution < -0.4 is 5.32 Å². The second kappa shape index (κ2) is 7.22. The summed E-state index contributed by atoms with van der Waals surface area (Å²) >= 11 is 0. The first kappa shape index (κ1) is 14.8. The summed E-state index contributed by atoms with van der Waals surface area (Å²) in [7, 11) is 1.97. The predicted octanol–water partition coefficient (Wildman–Crippen LogP) is 0.781. The van der Waals surface area contributed by atoms with Gasteiger partial charge in [-0.15, -0.1) is 0 Å². The number of amides is 1. The Hall–Kier alpha value is -0.650. The van der Waals surface area contributed by atoms with Crippen LogP contribution in [0.25, 0.3) is 0 Å². The van der Waals surface area contributed by atoms with Gasteiger partial charge in [0, 0.05) is 19.1 Å². The number of ether oxygens (including phenoxy) is 2. The maximum absolute atomic E-state index is 12.3. The van der Waals surface area contributed by atoms with Crippen molar-refractivity contribution in [1.82, 2.24) is 10.2 Å². The molecule has 2 rings (SSSR count). The van der Waals surface area contributed by atoms with Gasteiger partial charge in [0.25, 0.3) is 5.91 Å². The van der Waals surface area contributed by atoms with E-state index in [-0.39, 0.29) is 18.1 Å². The Morgan fingerprint density at radius 3 is 2.68 bits per heavy atom. The van der Waals surface area contributed by atoms with Crippen molar-refractivity contribution in [3.8, 4) is 0 Å². The number of carbonyl (C=O) groups is 1. The third-order valence-electron chi connectivity index (χ3n) is 4.12. The van der Waals surface area contributed by atoms with E-state index in [2.05, 4.69) is 5.32 Å². The molecule has 19 heavy (non-hydrogen) atoms. The lowest BCUT2D eigenvalue weighted by Crippen LogP contribution is -2.49. The van der Waals surface area contributed by atoms with E-state index in [9.17, 15) is 4.79 Å². The normalized spacial score (nSPS) is 30.1. The van der Waals surface area contributed by atoms with Gasteiger partial charge in [-0.3, -0.25) is 4.79 Å². The highest BCUT2D eigenvalue weighted by Crippen LogP contribution is 2.22. The molecule has 1 heterocycles. The number of nitrogens with zero attached hydrogens (tertiary/aromatic N) is 1. The van der Waals surface area contributed by atoms with Crippen LogP contribution in [0.4, 0.5) is 0 Å². The lowest BCUT2D eigenvalue weighted by atomic mass is 9.92. The standard InChI is InChI=1S/C14H26N2O3/c1-11(14(17)16-7-9-18-10-8-16)19-13-6-4-3-5-12(13)15-2/h11-13,15H,3-10H2,1-2H3. The van der Waals surface area contributed by atoms with Crippen molar-refractivity contribution in [3.05, 3.63) is 0 Å². The summed E-state index contributed by atoms with van der Waals surface area (Å²) < 4.78 is 11.3. The van der Waals surface area contributed by atoms with Crippen molar-refractivity contribution in [3.63, 3.8) is 0 Å². The molecule has 2 aliphatic rings. The van der Waals surface area contributed by atoms with Crippen molar-refractivity contribution in [2.24, 2.45) is 0 Å². The summed E-state index contributed by atoms with van der Waals surface area (Å²) in [5, 5.41) is 3.31. The van der Waals surface area contributed by atoms with Gasteiger partial charge < -0.3 is 19.7 Å². The van der Waals surface area contributed by atoms with Gasteiger partial charge in [-0.1, -0.05) is 12.8 Å². The molecule has 0 aromatic heterocycles. The van der Waals surface area contributed by atoms with Gasteiger partial charge >= 0.3 is 0 Å². The van der Waals surface area contributed by atoms with Crippen LogP contribution in [0.15, 0.2) is 0 Å². The lowest BCUT2D eigenvalue weighted by molar-refractivity contribution is -0.152. The van der Waals surface area contributed by atoms with Crippen molar-refractivity contribution in [2.45, 2.75) is 50.9 Å². The second-order valence-electron chi connectivity index (χ2n) is 5.43. The molecular weight excluding hydrogens is 244 g/mol. The molecular formula is C14H26N2O3. The highest BCUT2D eigenvalue weighted by Gasteiger charge is 2.30. The second-order valence-corrected chi connectivity index (χ2v) is 5.43. The maximum atomic E-state index is 12.3. The quantitative estimate of drug-likeness (QED) is 0.820. The minimum Gasteiger partial charge on any atom is -0.378 e.